The van der Waals surface area contributed by atoms with E-state index >= 15 is 0 Å². The number of nitrogens with zero attached hydrogens (tertiary/aromatic N) is 4. The molecule has 40 heavy (non-hydrogen) atoms. The van der Waals surface area contributed by atoms with E-state index in [1.165, 1.54) is 0 Å². The summed E-state index contributed by atoms with van der Waals surface area (Å²) in [6, 6.07) is 11.2. The van der Waals surface area contributed by atoms with Gasteiger partial charge in [0.1, 0.15) is 0 Å². The van der Waals surface area contributed by atoms with E-state index in [1.807, 2.05) is 25.1 Å². The van der Waals surface area contributed by atoms with Gasteiger partial charge in [-0.15, -0.1) is 0 Å². The molecule has 2 aromatic carbocycles. The highest BCUT2D eigenvalue weighted by atomic mass is 32.2. The molecule has 1 aliphatic heterocycles. The van der Waals surface area contributed by atoms with E-state index in [9.17, 15) is 8.42 Å². The average molecular weight is 569 g/mol. The van der Waals surface area contributed by atoms with Crippen LogP contribution in [0.15, 0.2) is 53.7 Å². The number of pyridine rings is 1. The number of hydrogen-bond acceptors (Lipinski definition) is 8. The molecule has 1 saturated carbocycles. The fourth-order valence-corrected chi connectivity index (χ4v) is 7.58. The summed E-state index contributed by atoms with van der Waals surface area (Å²) in [5.41, 5.74) is 1.08. The number of methoxy groups -OCH3 is 3. The molecule has 2 heterocycles. The van der Waals surface area contributed by atoms with E-state index < -0.39 is 10.0 Å². The number of fused-ring (bicyclic) bond motifs is 1. The molecule has 10 heteroatoms. The first-order valence-corrected chi connectivity index (χ1v) is 15.4. The number of piperazine rings is 1. The smallest absolute Gasteiger partial charge is 0.243 e. The largest absolute Gasteiger partial charge is 0.493 e. The van der Waals surface area contributed by atoms with Crippen molar-refractivity contribution < 1.29 is 22.6 Å². The normalized spacial score (nSPS) is 20.1. The number of rotatable bonds is 12. The van der Waals surface area contributed by atoms with E-state index in [2.05, 4.69) is 14.8 Å². The molecule has 0 N–H and O–H groups in total. The first-order chi connectivity index (χ1) is 19.4. The Morgan fingerprint density at radius 2 is 1.68 bits per heavy atom. The maximum atomic E-state index is 13.6. The number of benzene rings is 2. The van der Waals surface area contributed by atoms with Crippen molar-refractivity contribution >= 4 is 20.8 Å². The van der Waals surface area contributed by atoms with E-state index in [0.29, 0.717) is 41.3 Å². The molecule has 2 unspecified atom stereocenters. The maximum Gasteiger partial charge on any atom is 0.243 e. The molecule has 216 valence electrons. The monoisotopic (exact) mass is 568 g/mol. The fraction of sp³-hybridized carbons (Fsp3) is 0.500. The Bertz CT molecular complexity index is 1420. The van der Waals surface area contributed by atoms with Gasteiger partial charge < -0.3 is 19.1 Å². The van der Waals surface area contributed by atoms with Gasteiger partial charge in [-0.1, -0.05) is 25.1 Å². The molecule has 0 bridgehead atoms. The number of sulfonamides is 1. The van der Waals surface area contributed by atoms with Gasteiger partial charge in [0.25, 0.3) is 0 Å². The van der Waals surface area contributed by atoms with Gasteiger partial charge in [0.05, 0.1) is 26.2 Å². The zero-order chi connectivity index (χ0) is 28.3. The number of ether oxygens (including phenoxy) is 3. The van der Waals surface area contributed by atoms with Crippen LogP contribution in [0, 0.1) is 11.8 Å². The van der Waals surface area contributed by atoms with Crippen molar-refractivity contribution in [2.45, 2.75) is 24.8 Å². The Labute approximate surface area is 237 Å². The van der Waals surface area contributed by atoms with Crippen LogP contribution in [-0.2, 0) is 16.6 Å². The summed E-state index contributed by atoms with van der Waals surface area (Å²) in [7, 11) is 1.34. The molecule has 1 aromatic heterocycles. The minimum atomic E-state index is -3.58. The van der Waals surface area contributed by atoms with E-state index in [0.717, 1.165) is 67.8 Å². The topological polar surface area (TPSA) is 84.4 Å². The lowest BCUT2D eigenvalue weighted by Crippen LogP contribution is -2.46. The summed E-state index contributed by atoms with van der Waals surface area (Å²) in [5.74, 6) is 2.96. The lowest BCUT2D eigenvalue weighted by molar-refractivity contribution is 0.120. The summed E-state index contributed by atoms with van der Waals surface area (Å²) < 4.78 is 45.5. The number of hydrogen-bond donors (Lipinski definition) is 0. The van der Waals surface area contributed by atoms with Gasteiger partial charge in [0, 0.05) is 81.1 Å². The van der Waals surface area contributed by atoms with Crippen molar-refractivity contribution in [1.29, 1.82) is 0 Å². The number of aromatic nitrogens is 1. The van der Waals surface area contributed by atoms with Crippen LogP contribution in [0.25, 0.3) is 10.8 Å². The van der Waals surface area contributed by atoms with Gasteiger partial charge in [-0.05, 0) is 36.5 Å². The summed E-state index contributed by atoms with van der Waals surface area (Å²) in [5, 5.41) is 1.57. The molecule has 0 amide bonds. The molecule has 5 rings (SSSR count). The van der Waals surface area contributed by atoms with Crippen molar-refractivity contribution in [2.75, 3.05) is 67.1 Å². The summed E-state index contributed by atoms with van der Waals surface area (Å²) >= 11 is 0. The first kappa shape index (κ1) is 28.6. The van der Waals surface area contributed by atoms with Gasteiger partial charge in [0.2, 0.25) is 15.8 Å². The van der Waals surface area contributed by atoms with Crippen LogP contribution >= 0.6 is 0 Å². The van der Waals surface area contributed by atoms with Crippen LogP contribution in [0.3, 0.4) is 0 Å². The standard InChI is InChI=1S/C30H40N4O5S/c1-5-34(40(35,36)28-8-6-7-22-18-31-12-11-26(22)28)21-25-17-24(25)20-33-15-13-32(14-16-33)19-23-9-10-27(37-2)30(39-4)29(23)38-3/h6-12,18,24-25H,5,13-17,19-21H2,1-4H3. The Morgan fingerprint density at radius 3 is 2.38 bits per heavy atom. The van der Waals surface area contributed by atoms with Gasteiger partial charge in [-0.25, -0.2) is 8.42 Å². The molecule has 3 aromatic rings. The Morgan fingerprint density at radius 1 is 0.925 bits per heavy atom. The van der Waals surface area contributed by atoms with Gasteiger partial charge in [0.15, 0.2) is 11.5 Å². The maximum absolute atomic E-state index is 13.6. The third kappa shape index (κ3) is 5.90. The zero-order valence-corrected chi connectivity index (χ0v) is 24.7. The highest BCUT2D eigenvalue weighted by molar-refractivity contribution is 7.89. The first-order valence-electron chi connectivity index (χ1n) is 13.9. The predicted octanol–water partition coefficient (Wildman–Crippen LogP) is 3.73. The third-order valence-corrected chi connectivity index (χ3v) is 10.3. The van der Waals surface area contributed by atoms with Crippen LogP contribution < -0.4 is 14.2 Å². The Kier molecular flexibility index (Phi) is 8.80. The minimum absolute atomic E-state index is 0.369. The molecule has 9 nitrogen and oxygen atoms in total. The molecular weight excluding hydrogens is 528 g/mol. The lowest BCUT2D eigenvalue weighted by atomic mass is 10.1. The predicted molar refractivity (Wildman–Crippen MR) is 156 cm³/mol. The Balaban J connectivity index is 1.14. The molecule has 2 fully saturated rings. The van der Waals surface area contributed by atoms with Gasteiger partial charge in [-0.2, -0.15) is 4.31 Å². The van der Waals surface area contributed by atoms with Crippen molar-refractivity contribution in [3.05, 3.63) is 54.4 Å². The van der Waals surface area contributed by atoms with E-state index in [-0.39, 0.29) is 0 Å². The Hall–Kier alpha value is -2.92. The summed E-state index contributed by atoms with van der Waals surface area (Å²) in [4.78, 5) is 9.47. The van der Waals surface area contributed by atoms with Crippen molar-refractivity contribution in [3.8, 4) is 17.2 Å². The molecule has 2 atom stereocenters. The van der Waals surface area contributed by atoms with Gasteiger partial charge in [-0.3, -0.25) is 9.88 Å². The molecule has 1 saturated heterocycles. The quantitative estimate of drug-likeness (QED) is 0.327. The molecular formula is C30H40N4O5S. The molecule has 1 aliphatic carbocycles. The molecule has 2 aliphatic rings. The molecule has 0 spiro atoms. The second-order valence-corrected chi connectivity index (χ2v) is 12.5. The minimum Gasteiger partial charge on any atom is -0.493 e. The summed E-state index contributed by atoms with van der Waals surface area (Å²) in [6.45, 7) is 8.72. The van der Waals surface area contributed by atoms with Crippen LogP contribution in [0.1, 0.15) is 18.9 Å². The second kappa shape index (κ2) is 12.3. The van der Waals surface area contributed by atoms with Crippen LogP contribution in [0.4, 0.5) is 0 Å². The fourth-order valence-electron chi connectivity index (χ4n) is 5.86. The van der Waals surface area contributed by atoms with E-state index in [4.69, 9.17) is 14.2 Å². The van der Waals surface area contributed by atoms with Crippen molar-refractivity contribution in [1.82, 2.24) is 19.1 Å². The average Bonchev–Trinajstić information content (AvgIpc) is 3.72. The second-order valence-electron chi connectivity index (χ2n) is 10.6. The molecule has 0 radical (unpaired) electrons. The third-order valence-electron chi connectivity index (χ3n) is 8.26. The SMILES string of the molecule is CCN(CC1CC1CN1CCN(Cc2ccc(OC)c(OC)c2OC)CC1)S(=O)(=O)c1cccc2cnccc12. The van der Waals surface area contributed by atoms with Crippen LogP contribution in [-0.4, -0.2) is 94.6 Å². The van der Waals surface area contributed by atoms with Gasteiger partial charge >= 0.3 is 0 Å². The highest BCUT2D eigenvalue weighted by Gasteiger charge is 2.41. The van der Waals surface area contributed by atoms with E-state index in [1.54, 1.807) is 56.2 Å². The lowest BCUT2D eigenvalue weighted by Gasteiger charge is -2.35. The highest BCUT2D eigenvalue weighted by Crippen LogP contribution is 2.42. The zero-order valence-electron chi connectivity index (χ0n) is 23.9. The van der Waals surface area contributed by atoms with Crippen molar-refractivity contribution in [3.63, 3.8) is 0 Å². The van der Waals surface area contributed by atoms with Crippen molar-refractivity contribution in [2.24, 2.45) is 11.8 Å². The van der Waals surface area contributed by atoms with Crippen LogP contribution in [0.5, 0.6) is 17.2 Å². The summed E-state index contributed by atoms with van der Waals surface area (Å²) in [6.07, 6.45) is 4.44. The van der Waals surface area contributed by atoms with Crippen LogP contribution in [0.2, 0.25) is 0 Å².